The molecular formula is C25H22F4N6O. The molecule has 1 saturated heterocycles. The van der Waals surface area contributed by atoms with Crippen LogP contribution in [0.3, 0.4) is 0 Å². The fourth-order valence-corrected chi connectivity index (χ4v) is 4.24. The fourth-order valence-electron chi connectivity index (χ4n) is 4.24. The van der Waals surface area contributed by atoms with Crippen molar-refractivity contribution in [3.8, 4) is 11.3 Å². The van der Waals surface area contributed by atoms with Gasteiger partial charge in [-0.05, 0) is 49.5 Å². The van der Waals surface area contributed by atoms with Crippen LogP contribution in [0.15, 0.2) is 54.7 Å². The molecule has 1 aliphatic rings. The second-order valence-corrected chi connectivity index (χ2v) is 8.64. The molecule has 7 nitrogen and oxygen atoms in total. The molecule has 0 aliphatic carbocycles. The number of aromatic nitrogens is 3. The van der Waals surface area contributed by atoms with Gasteiger partial charge in [0.05, 0.1) is 23.0 Å². The maximum atomic E-state index is 14.5. The Kier molecular flexibility index (Phi) is 6.09. The van der Waals surface area contributed by atoms with E-state index in [1.54, 1.807) is 12.1 Å². The molecule has 5 rings (SSSR count). The summed E-state index contributed by atoms with van der Waals surface area (Å²) in [7, 11) is 2.08. The number of pyridine rings is 1. The summed E-state index contributed by atoms with van der Waals surface area (Å²) in [5.74, 6) is -1.38. The number of piperazine rings is 1. The average molecular weight is 498 g/mol. The Balaban J connectivity index is 1.40. The van der Waals surface area contributed by atoms with Gasteiger partial charge in [0.1, 0.15) is 5.82 Å². The maximum Gasteiger partial charge on any atom is 0.417 e. The summed E-state index contributed by atoms with van der Waals surface area (Å²) in [6, 6.07) is 11.2. The van der Waals surface area contributed by atoms with Crippen LogP contribution < -0.4 is 10.2 Å². The van der Waals surface area contributed by atoms with E-state index < -0.39 is 29.0 Å². The summed E-state index contributed by atoms with van der Waals surface area (Å²) in [4.78, 5) is 21.4. The van der Waals surface area contributed by atoms with Gasteiger partial charge in [-0.15, -0.1) is 0 Å². The molecule has 1 fully saturated rings. The number of hydrogen-bond donors (Lipinski definition) is 2. The van der Waals surface area contributed by atoms with E-state index in [1.165, 1.54) is 12.3 Å². The van der Waals surface area contributed by atoms with Crippen LogP contribution in [0.5, 0.6) is 0 Å². The zero-order valence-corrected chi connectivity index (χ0v) is 19.2. The normalized spacial score (nSPS) is 14.9. The molecule has 0 radical (unpaired) electrons. The van der Waals surface area contributed by atoms with Crippen molar-refractivity contribution in [3.63, 3.8) is 0 Å². The number of nitrogens with one attached hydrogen (secondary N) is 2. The van der Waals surface area contributed by atoms with Crippen LogP contribution in [0.4, 0.5) is 29.1 Å². The van der Waals surface area contributed by atoms with Crippen LogP contribution in [-0.4, -0.2) is 59.2 Å². The second kappa shape index (κ2) is 9.23. The minimum absolute atomic E-state index is 0.103. The van der Waals surface area contributed by atoms with Crippen molar-refractivity contribution in [2.75, 3.05) is 43.4 Å². The number of amides is 1. The Labute approximate surface area is 203 Å². The molecule has 36 heavy (non-hydrogen) atoms. The van der Waals surface area contributed by atoms with Crippen LogP contribution in [-0.2, 0) is 6.18 Å². The van der Waals surface area contributed by atoms with Gasteiger partial charge < -0.3 is 15.1 Å². The number of fused-ring (bicyclic) bond motifs is 1. The molecule has 2 aromatic heterocycles. The third-order valence-electron chi connectivity index (χ3n) is 6.25. The largest absolute Gasteiger partial charge is 0.417 e. The van der Waals surface area contributed by atoms with Crippen LogP contribution >= 0.6 is 0 Å². The lowest BCUT2D eigenvalue weighted by Gasteiger charge is -2.34. The van der Waals surface area contributed by atoms with E-state index in [2.05, 4.69) is 37.3 Å². The van der Waals surface area contributed by atoms with E-state index in [1.807, 2.05) is 12.1 Å². The van der Waals surface area contributed by atoms with Crippen molar-refractivity contribution in [3.05, 3.63) is 71.7 Å². The number of aromatic amines is 1. The summed E-state index contributed by atoms with van der Waals surface area (Å²) < 4.78 is 55.0. The smallest absolute Gasteiger partial charge is 0.369 e. The topological polar surface area (TPSA) is 77.1 Å². The van der Waals surface area contributed by atoms with Crippen molar-refractivity contribution >= 4 is 28.3 Å². The minimum atomic E-state index is -4.77. The number of alkyl halides is 3. The lowest BCUT2D eigenvalue weighted by Crippen LogP contribution is -2.44. The van der Waals surface area contributed by atoms with E-state index in [9.17, 15) is 22.4 Å². The third-order valence-corrected chi connectivity index (χ3v) is 6.25. The lowest BCUT2D eigenvalue weighted by molar-refractivity contribution is -0.137. The van der Waals surface area contributed by atoms with Crippen LogP contribution in [0.2, 0.25) is 0 Å². The zero-order chi connectivity index (χ0) is 25.4. The van der Waals surface area contributed by atoms with Gasteiger partial charge in [-0.3, -0.25) is 14.9 Å². The second-order valence-electron chi connectivity index (χ2n) is 8.64. The minimum Gasteiger partial charge on any atom is -0.369 e. The number of likely N-dealkylation sites (N-methyl/N-ethyl adjacent to an activating group) is 1. The van der Waals surface area contributed by atoms with Gasteiger partial charge in [0.2, 0.25) is 0 Å². The Morgan fingerprint density at radius 1 is 1.06 bits per heavy atom. The zero-order valence-electron chi connectivity index (χ0n) is 19.2. The highest BCUT2D eigenvalue weighted by atomic mass is 19.4. The number of carbonyl (C=O) groups is 1. The van der Waals surface area contributed by atoms with E-state index in [0.29, 0.717) is 16.5 Å². The molecule has 0 saturated carbocycles. The van der Waals surface area contributed by atoms with E-state index in [0.717, 1.165) is 50.1 Å². The first-order valence-electron chi connectivity index (χ1n) is 11.3. The number of rotatable bonds is 4. The highest BCUT2D eigenvalue weighted by Crippen LogP contribution is 2.38. The number of H-pyrrole nitrogens is 1. The van der Waals surface area contributed by atoms with Gasteiger partial charge >= 0.3 is 6.18 Å². The number of hydrogen-bond acceptors (Lipinski definition) is 5. The Morgan fingerprint density at radius 3 is 2.47 bits per heavy atom. The first-order chi connectivity index (χ1) is 17.2. The van der Waals surface area contributed by atoms with Crippen molar-refractivity contribution in [2.24, 2.45) is 0 Å². The Hall–Kier alpha value is -3.99. The molecule has 3 heterocycles. The number of anilines is 2. The third kappa shape index (κ3) is 4.61. The summed E-state index contributed by atoms with van der Waals surface area (Å²) >= 11 is 0. The van der Waals surface area contributed by atoms with E-state index >= 15 is 0 Å². The van der Waals surface area contributed by atoms with Crippen LogP contribution in [0, 0.1) is 5.82 Å². The van der Waals surface area contributed by atoms with Crippen molar-refractivity contribution in [2.45, 2.75) is 6.18 Å². The van der Waals surface area contributed by atoms with Gasteiger partial charge in [-0.1, -0.05) is 6.07 Å². The standard InChI is InChI=1S/C25H22F4N6O/c1-34-9-11-35(12-10-34)16-7-5-15(6-8-16)24(36)31-23-17-13-20(30-14-21(17)32-33-23)22-18(25(27,28)29)3-2-4-19(22)26/h2-8,13-14H,9-12H2,1H3,(H2,31,32,33,36). The summed E-state index contributed by atoms with van der Waals surface area (Å²) in [6.07, 6.45) is -3.51. The monoisotopic (exact) mass is 498 g/mol. The van der Waals surface area contributed by atoms with Gasteiger partial charge in [0.15, 0.2) is 5.82 Å². The van der Waals surface area contributed by atoms with E-state index in [4.69, 9.17) is 0 Å². The fraction of sp³-hybridized carbons (Fsp3) is 0.240. The molecule has 1 aliphatic heterocycles. The predicted octanol–water partition coefficient (Wildman–Crippen LogP) is 4.79. The molecule has 0 spiro atoms. The molecular weight excluding hydrogens is 476 g/mol. The number of benzene rings is 2. The summed E-state index contributed by atoms with van der Waals surface area (Å²) in [6.45, 7) is 3.72. The Morgan fingerprint density at radius 2 is 1.78 bits per heavy atom. The van der Waals surface area contributed by atoms with Crippen LogP contribution in [0.1, 0.15) is 15.9 Å². The maximum absolute atomic E-state index is 14.5. The van der Waals surface area contributed by atoms with Gasteiger partial charge in [-0.2, -0.15) is 18.3 Å². The van der Waals surface area contributed by atoms with Crippen molar-refractivity contribution < 1.29 is 22.4 Å². The SMILES string of the molecule is CN1CCN(c2ccc(C(=O)Nc3n[nH]c4cnc(-c5c(F)cccc5C(F)(F)F)cc34)cc2)CC1. The molecule has 0 atom stereocenters. The van der Waals surface area contributed by atoms with Gasteiger partial charge in [-0.25, -0.2) is 4.39 Å². The van der Waals surface area contributed by atoms with Crippen LogP contribution in [0.25, 0.3) is 22.2 Å². The predicted molar refractivity (Wildman–Crippen MR) is 128 cm³/mol. The first-order valence-corrected chi connectivity index (χ1v) is 11.3. The lowest BCUT2D eigenvalue weighted by atomic mass is 10.0. The number of nitrogens with zero attached hydrogens (tertiary/aromatic N) is 4. The molecule has 186 valence electrons. The highest BCUT2D eigenvalue weighted by Gasteiger charge is 2.35. The van der Waals surface area contributed by atoms with Gasteiger partial charge in [0, 0.05) is 48.4 Å². The van der Waals surface area contributed by atoms with Gasteiger partial charge in [0.25, 0.3) is 5.91 Å². The Bertz CT molecular complexity index is 1410. The van der Waals surface area contributed by atoms with Crippen molar-refractivity contribution in [1.29, 1.82) is 0 Å². The molecule has 1 amide bonds. The van der Waals surface area contributed by atoms with Crippen molar-refractivity contribution in [1.82, 2.24) is 20.1 Å². The molecule has 0 unspecified atom stereocenters. The highest BCUT2D eigenvalue weighted by molar-refractivity contribution is 6.08. The average Bonchev–Trinajstić information content (AvgIpc) is 3.25. The molecule has 11 heteroatoms. The molecule has 4 aromatic rings. The van der Waals surface area contributed by atoms with E-state index in [-0.39, 0.29) is 11.5 Å². The summed E-state index contributed by atoms with van der Waals surface area (Å²) in [5.41, 5.74) is -0.225. The first kappa shape index (κ1) is 23.7. The molecule has 0 bridgehead atoms. The number of halogens is 4. The quantitative estimate of drug-likeness (QED) is 0.396. The number of carbonyl (C=O) groups excluding carboxylic acids is 1. The summed E-state index contributed by atoms with van der Waals surface area (Å²) in [5, 5.41) is 9.73. The molecule has 2 N–H and O–H groups in total. The molecule has 2 aromatic carbocycles.